The quantitative estimate of drug-likeness (QED) is 0.837. The Balaban J connectivity index is 1.80. The molecule has 0 radical (unpaired) electrons. The van der Waals surface area contributed by atoms with Crippen LogP contribution in [0.25, 0.3) is 0 Å². The molecule has 1 heterocycles. The molecular formula is C18H16N2O5. The Labute approximate surface area is 143 Å². The number of esters is 1. The molecule has 7 heteroatoms. The lowest BCUT2D eigenvalue weighted by Gasteiger charge is -2.10. The molecule has 2 amide bonds. The van der Waals surface area contributed by atoms with E-state index in [4.69, 9.17) is 4.74 Å². The molecule has 0 spiro atoms. The van der Waals surface area contributed by atoms with Crippen molar-refractivity contribution in [1.29, 1.82) is 0 Å². The van der Waals surface area contributed by atoms with E-state index >= 15 is 0 Å². The maximum absolute atomic E-state index is 12.4. The fourth-order valence-electron chi connectivity index (χ4n) is 2.41. The van der Waals surface area contributed by atoms with E-state index < -0.39 is 5.97 Å². The molecule has 2 aromatic carbocycles. The first-order valence-corrected chi connectivity index (χ1v) is 7.63. The maximum atomic E-state index is 12.4. The molecule has 1 aliphatic rings. The highest BCUT2D eigenvalue weighted by Crippen LogP contribution is 2.28. The molecule has 2 aromatic rings. The first kappa shape index (κ1) is 16.5. The summed E-state index contributed by atoms with van der Waals surface area (Å²) in [7, 11) is 1.29. The topological polar surface area (TPSA) is 93.7 Å². The summed E-state index contributed by atoms with van der Waals surface area (Å²) < 4.78 is 10.1. The SMILES string of the molecule is COC(=O)c1cccc(NC(=O)c2ccc3c(c2)NC(=O)CCO3)c1. The third kappa shape index (κ3) is 3.77. The predicted octanol–water partition coefficient (Wildman–Crippen LogP) is 2.45. The number of anilines is 2. The zero-order chi connectivity index (χ0) is 17.8. The van der Waals surface area contributed by atoms with Crippen LogP contribution in [0, 0.1) is 0 Å². The molecule has 2 N–H and O–H groups in total. The van der Waals surface area contributed by atoms with Crippen molar-refractivity contribution in [1.82, 2.24) is 0 Å². The molecule has 3 rings (SSSR count). The molecular weight excluding hydrogens is 324 g/mol. The summed E-state index contributed by atoms with van der Waals surface area (Å²) in [6.45, 7) is 0.296. The second kappa shape index (κ2) is 7.04. The van der Waals surface area contributed by atoms with Crippen molar-refractivity contribution >= 4 is 29.2 Å². The summed E-state index contributed by atoms with van der Waals surface area (Å²) in [6.07, 6.45) is 0.260. The normalized spacial score (nSPS) is 12.9. The van der Waals surface area contributed by atoms with Crippen molar-refractivity contribution in [3.05, 3.63) is 53.6 Å². The first-order chi connectivity index (χ1) is 12.1. The van der Waals surface area contributed by atoms with Gasteiger partial charge in [0.15, 0.2) is 0 Å². The predicted molar refractivity (Wildman–Crippen MR) is 90.9 cm³/mol. The zero-order valence-corrected chi connectivity index (χ0v) is 13.5. The third-order valence-electron chi connectivity index (χ3n) is 3.64. The number of ether oxygens (including phenoxy) is 2. The van der Waals surface area contributed by atoms with Crippen LogP contribution in [0.2, 0.25) is 0 Å². The van der Waals surface area contributed by atoms with Gasteiger partial charge < -0.3 is 20.1 Å². The van der Waals surface area contributed by atoms with Gasteiger partial charge in [-0.1, -0.05) is 6.07 Å². The monoisotopic (exact) mass is 340 g/mol. The fraction of sp³-hybridized carbons (Fsp3) is 0.167. The Morgan fingerprint density at radius 2 is 2.00 bits per heavy atom. The van der Waals surface area contributed by atoms with Crippen LogP contribution in [0.3, 0.4) is 0 Å². The number of fused-ring (bicyclic) bond motifs is 1. The van der Waals surface area contributed by atoms with Crippen molar-refractivity contribution in [3.8, 4) is 5.75 Å². The Kier molecular flexibility index (Phi) is 4.65. The minimum absolute atomic E-state index is 0.165. The largest absolute Gasteiger partial charge is 0.491 e. The van der Waals surface area contributed by atoms with E-state index in [1.807, 2.05) is 0 Å². The Morgan fingerprint density at radius 1 is 1.16 bits per heavy atom. The molecule has 0 saturated carbocycles. The fourth-order valence-corrected chi connectivity index (χ4v) is 2.41. The lowest BCUT2D eigenvalue weighted by Crippen LogP contribution is -2.14. The minimum atomic E-state index is -0.485. The van der Waals surface area contributed by atoms with Crippen molar-refractivity contribution < 1.29 is 23.9 Å². The molecule has 128 valence electrons. The molecule has 0 unspecified atom stereocenters. The third-order valence-corrected chi connectivity index (χ3v) is 3.64. The van der Waals surface area contributed by atoms with E-state index in [1.54, 1.807) is 36.4 Å². The average molecular weight is 340 g/mol. The summed E-state index contributed by atoms with van der Waals surface area (Å²) in [5.74, 6) is -0.499. The van der Waals surface area contributed by atoms with Gasteiger partial charge in [-0.15, -0.1) is 0 Å². The minimum Gasteiger partial charge on any atom is -0.491 e. The molecule has 0 atom stereocenters. The van der Waals surface area contributed by atoms with Crippen molar-refractivity contribution in [2.75, 3.05) is 24.4 Å². The average Bonchev–Trinajstić information content (AvgIpc) is 2.81. The molecule has 7 nitrogen and oxygen atoms in total. The number of benzene rings is 2. The van der Waals surface area contributed by atoms with Crippen molar-refractivity contribution in [3.63, 3.8) is 0 Å². The highest BCUT2D eigenvalue weighted by Gasteiger charge is 2.16. The van der Waals surface area contributed by atoms with Gasteiger partial charge in [-0.05, 0) is 36.4 Å². The number of hydrogen-bond donors (Lipinski definition) is 2. The Hall–Kier alpha value is -3.35. The van der Waals surface area contributed by atoms with Gasteiger partial charge in [-0.3, -0.25) is 9.59 Å². The molecule has 1 aliphatic heterocycles. The Bertz CT molecular complexity index is 847. The number of carbonyl (C=O) groups is 3. The highest BCUT2D eigenvalue weighted by atomic mass is 16.5. The van der Waals surface area contributed by atoms with Crippen LogP contribution in [0.5, 0.6) is 5.75 Å². The van der Waals surface area contributed by atoms with E-state index in [0.29, 0.717) is 34.9 Å². The smallest absolute Gasteiger partial charge is 0.337 e. The highest BCUT2D eigenvalue weighted by molar-refractivity contribution is 6.06. The van der Waals surface area contributed by atoms with E-state index in [0.717, 1.165) is 0 Å². The summed E-state index contributed by atoms with van der Waals surface area (Å²) in [5, 5.41) is 5.42. The molecule has 0 saturated heterocycles. The van der Waals surface area contributed by atoms with Crippen LogP contribution in [0.1, 0.15) is 27.1 Å². The van der Waals surface area contributed by atoms with Crippen molar-refractivity contribution in [2.24, 2.45) is 0 Å². The van der Waals surface area contributed by atoms with Gasteiger partial charge in [-0.2, -0.15) is 0 Å². The van der Waals surface area contributed by atoms with Gasteiger partial charge in [0, 0.05) is 11.3 Å². The molecule has 25 heavy (non-hydrogen) atoms. The van der Waals surface area contributed by atoms with Gasteiger partial charge in [0.2, 0.25) is 5.91 Å². The zero-order valence-electron chi connectivity index (χ0n) is 13.5. The van der Waals surface area contributed by atoms with E-state index in [9.17, 15) is 14.4 Å². The molecule has 0 fully saturated rings. The standard InChI is InChI=1S/C18H16N2O5/c1-24-18(23)12-3-2-4-13(9-12)19-17(22)11-5-6-15-14(10-11)20-16(21)7-8-25-15/h2-6,9-10H,7-8H2,1H3,(H,19,22)(H,20,21). The van der Waals surface area contributed by atoms with E-state index in [2.05, 4.69) is 15.4 Å². The number of hydrogen-bond acceptors (Lipinski definition) is 5. The first-order valence-electron chi connectivity index (χ1n) is 7.63. The van der Waals surface area contributed by atoms with Gasteiger partial charge in [0.1, 0.15) is 5.75 Å². The Morgan fingerprint density at radius 3 is 2.80 bits per heavy atom. The second-order valence-corrected chi connectivity index (χ2v) is 5.38. The lowest BCUT2D eigenvalue weighted by atomic mass is 10.1. The summed E-state index contributed by atoms with van der Waals surface area (Å²) in [4.78, 5) is 35.6. The van der Waals surface area contributed by atoms with E-state index in [1.165, 1.54) is 13.2 Å². The van der Waals surface area contributed by atoms with Crippen LogP contribution in [0.15, 0.2) is 42.5 Å². The molecule has 0 bridgehead atoms. The summed E-state index contributed by atoms with van der Waals surface area (Å²) >= 11 is 0. The van der Waals surface area contributed by atoms with E-state index in [-0.39, 0.29) is 18.2 Å². The number of methoxy groups -OCH3 is 1. The summed E-state index contributed by atoms with van der Waals surface area (Å²) in [6, 6.07) is 11.2. The number of carbonyl (C=O) groups excluding carboxylic acids is 3. The maximum Gasteiger partial charge on any atom is 0.337 e. The number of amides is 2. The van der Waals surface area contributed by atoms with Gasteiger partial charge in [0.25, 0.3) is 5.91 Å². The van der Waals surface area contributed by atoms with Gasteiger partial charge in [0.05, 0.1) is 31.4 Å². The number of nitrogens with one attached hydrogen (secondary N) is 2. The van der Waals surface area contributed by atoms with Crippen LogP contribution in [-0.4, -0.2) is 31.5 Å². The van der Waals surface area contributed by atoms with Crippen LogP contribution in [0.4, 0.5) is 11.4 Å². The van der Waals surface area contributed by atoms with Gasteiger partial charge in [-0.25, -0.2) is 4.79 Å². The lowest BCUT2D eigenvalue weighted by molar-refractivity contribution is -0.116. The molecule has 0 aromatic heterocycles. The molecule has 0 aliphatic carbocycles. The van der Waals surface area contributed by atoms with Crippen LogP contribution >= 0.6 is 0 Å². The van der Waals surface area contributed by atoms with Crippen LogP contribution < -0.4 is 15.4 Å². The second-order valence-electron chi connectivity index (χ2n) is 5.38. The van der Waals surface area contributed by atoms with Crippen molar-refractivity contribution in [2.45, 2.75) is 6.42 Å². The number of rotatable bonds is 3. The van der Waals surface area contributed by atoms with Gasteiger partial charge >= 0.3 is 5.97 Å². The van der Waals surface area contributed by atoms with Crippen LogP contribution in [-0.2, 0) is 9.53 Å². The summed E-state index contributed by atoms with van der Waals surface area (Å²) in [5.41, 5.74) is 1.61.